The minimum absolute atomic E-state index is 0.158. The number of hydrogen-bond donors (Lipinski definition) is 3. The van der Waals surface area contributed by atoms with E-state index in [0.29, 0.717) is 22.6 Å². The molecular weight excluding hydrogens is 426 g/mol. The molecule has 3 N–H and O–H groups in total. The highest BCUT2D eigenvalue weighted by atomic mass is 16.5. The number of phenolic OH excluding ortho intramolecular Hbond substituents is 3. The maximum Gasteiger partial charge on any atom is 0.151 e. The molecule has 174 valence electrons. The van der Waals surface area contributed by atoms with Gasteiger partial charge in [-0.3, -0.25) is 0 Å². The van der Waals surface area contributed by atoms with E-state index < -0.39 is 0 Å². The predicted octanol–water partition coefficient (Wildman–Crippen LogP) is 7.61. The number of aryl methyl sites for hydroxylation is 3. The van der Waals surface area contributed by atoms with Gasteiger partial charge in [0, 0.05) is 17.2 Å². The van der Waals surface area contributed by atoms with E-state index in [0.717, 1.165) is 33.8 Å². The van der Waals surface area contributed by atoms with Gasteiger partial charge in [0.05, 0.1) is 17.1 Å². The molecule has 0 amide bonds. The van der Waals surface area contributed by atoms with Gasteiger partial charge in [-0.05, 0) is 81.6 Å². The smallest absolute Gasteiger partial charge is 0.151 e. The molecule has 4 rings (SSSR count). The zero-order valence-corrected chi connectivity index (χ0v) is 20.0. The van der Waals surface area contributed by atoms with E-state index in [1.165, 1.54) is 0 Å². The quantitative estimate of drug-likeness (QED) is 0.289. The summed E-state index contributed by atoms with van der Waals surface area (Å²) in [5, 5.41) is 31.6. The topological polar surface area (TPSA) is 73.2 Å². The normalized spacial score (nSPS) is 10.9. The monoisotopic (exact) mass is 455 g/mol. The summed E-state index contributed by atoms with van der Waals surface area (Å²) in [6, 6.07) is 20.4. The van der Waals surface area contributed by atoms with Crippen molar-refractivity contribution in [2.45, 2.75) is 34.6 Å². The zero-order valence-electron chi connectivity index (χ0n) is 20.0. The number of aromatic hydroxyl groups is 3. The first-order valence-electron chi connectivity index (χ1n) is 11.1. The fourth-order valence-corrected chi connectivity index (χ4v) is 4.03. The first kappa shape index (κ1) is 23.1. The number of phenols is 3. The molecule has 0 unspecified atom stereocenters. The molecule has 0 aliphatic carbocycles. The van der Waals surface area contributed by atoms with E-state index in [9.17, 15) is 15.3 Å². The number of benzene rings is 4. The van der Waals surface area contributed by atoms with Crippen molar-refractivity contribution in [3.63, 3.8) is 0 Å². The minimum atomic E-state index is 0.158. The summed E-state index contributed by atoms with van der Waals surface area (Å²) in [6.07, 6.45) is 0. The average molecular weight is 456 g/mol. The number of hydrogen-bond acceptors (Lipinski definition) is 5. The fraction of sp³-hybridized carbons (Fsp3) is 0.172. The number of ether oxygens (including phenoxy) is 1. The Morgan fingerprint density at radius 3 is 1.68 bits per heavy atom. The summed E-state index contributed by atoms with van der Waals surface area (Å²) in [5.74, 6) is 1.66. The van der Waals surface area contributed by atoms with Gasteiger partial charge in [0.1, 0.15) is 23.0 Å². The number of anilines is 3. The molecule has 4 aromatic carbocycles. The van der Waals surface area contributed by atoms with E-state index in [1.54, 1.807) is 12.1 Å². The molecular formula is C29H29NO4. The molecule has 0 aromatic heterocycles. The lowest BCUT2D eigenvalue weighted by atomic mass is 10.0. The molecule has 0 radical (unpaired) electrons. The number of nitrogens with zero attached hydrogens (tertiary/aromatic N) is 1. The van der Waals surface area contributed by atoms with Crippen LogP contribution in [0.1, 0.15) is 27.8 Å². The van der Waals surface area contributed by atoms with Crippen LogP contribution in [0, 0.1) is 34.6 Å². The Bertz CT molecular complexity index is 1320. The molecule has 0 bridgehead atoms. The Labute approximate surface area is 200 Å². The Balaban J connectivity index is 1.95. The van der Waals surface area contributed by atoms with E-state index in [4.69, 9.17) is 4.74 Å². The summed E-state index contributed by atoms with van der Waals surface area (Å²) in [4.78, 5) is 1.98. The van der Waals surface area contributed by atoms with E-state index >= 15 is 0 Å². The lowest BCUT2D eigenvalue weighted by Gasteiger charge is -2.30. The molecule has 5 heteroatoms. The van der Waals surface area contributed by atoms with Gasteiger partial charge in [0.2, 0.25) is 0 Å². The lowest BCUT2D eigenvalue weighted by molar-refractivity contribution is 0.452. The third-order valence-corrected chi connectivity index (χ3v) is 6.20. The summed E-state index contributed by atoms with van der Waals surface area (Å²) in [7, 11) is 0. The summed E-state index contributed by atoms with van der Waals surface area (Å²) in [6.45, 7) is 9.29. The lowest BCUT2D eigenvalue weighted by Crippen LogP contribution is -2.14. The average Bonchev–Trinajstić information content (AvgIpc) is 2.82. The van der Waals surface area contributed by atoms with Gasteiger partial charge < -0.3 is 25.0 Å². The van der Waals surface area contributed by atoms with Crippen LogP contribution >= 0.6 is 0 Å². The van der Waals surface area contributed by atoms with Crippen molar-refractivity contribution in [2.75, 3.05) is 4.90 Å². The molecule has 0 aliphatic rings. The third kappa shape index (κ3) is 4.13. The molecule has 5 nitrogen and oxygen atoms in total. The Hall–Kier alpha value is -4.12. The van der Waals surface area contributed by atoms with Gasteiger partial charge in [-0.2, -0.15) is 0 Å². The first-order valence-corrected chi connectivity index (χ1v) is 11.1. The SMILES string of the molecule is Cc1ccc(Oc2ccccc2N(c2ccc(C)c(O)c2C)c2ccc(C)c(O)c2C)cc1O. The summed E-state index contributed by atoms with van der Waals surface area (Å²) in [5.41, 5.74) is 5.99. The zero-order chi connectivity index (χ0) is 24.6. The minimum Gasteiger partial charge on any atom is -0.508 e. The first-order chi connectivity index (χ1) is 16.2. The Morgan fingerprint density at radius 1 is 0.588 bits per heavy atom. The van der Waals surface area contributed by atoms with Gasteiger partial charge >= 0.3 is 0 Å². The largest absolute Gasteiger partial charge is 0.508 e. The standard InChI is InChI=1S/C29H29NO4/c1-17-10-13-22(16-26(17)31)34-27-9-7-6-8-25(27)30(23-14-11-18(2)28(32)20(23)4)24-15-12-19(3)29(33)21(24)5/h6-16,31-33H,1-5H3. The maximum atomic E-state index is 10.7. The van der Waals surface area contributed by atoms with Crippen LogP contribution in [0.25, 0.3) is 0 Å². The van der Waals surface area contributed by atoms with Crippen LogP contribution in [0.2, 0.25) is 0 Å². The van der Waals surface area contributed by atoms with Crippen molar-refractivity contribution in [2.24, 2.45) is 0 Å². The number of para-hydroxylation sites is 2. The van der Waals surface area contributed by atoms with E-state index in [1.807, 2.05) is 94.1 Å². The van der Waals surface area contributed by atoms with E-state index in [-0.39, 0.29) is 17.2 Å². The van der Waals surface area contributed by atoms with Crippen LogP contribution < -0.4 is 9.64 Å². The Morgan fingerprint density at radius 2 is 1.12 bits per heavy atom. The van der Waals surface area contributed by atoms with Crippen LogP contribution in [0.4, 0.5) is 17.1 Å². The highest BCUT2D eigenvalue weighted by molar-refractivity contribution is 5.85. The molecule has 0 fully saturated rings. The second kappa shape index (κ2) is 9.02. The summed E-state index contributed by atoms with van der Waals surface area (Å²) < 4.78 is 6.23. The van der Waals surface area contributed by atoms with Crippen molar-refractivity contribution in [1.82, 2.24) is 0 Å². The second-order valence-corrected chi connectivity index (χ2v) is 8.60. The molecule has 34 heavy (non-hydrogen) atoms. The number of rotatable bonds is 5. The van der Waals surface area contributed by atoms with Crippen molar-refractivity contribution in [3.8, 4) is 28.7 Å². The molecule has 0 spiro atoms. The van der Waals surface area contributed by atoms with Gasteiger partial charge in [-0.1, -0.05) is 30.3 Å². The predicted molar refractivity (Wildman–Crippen MR) is 136 cm³/mol. The third-order valence-electron chi connectivity index (χ3n) is 6.20. The van der Waals surface area contributed by atoms with Gasteiger partial charge in [0.25, 0.3) is 0 Å². The van der Waals surface area contributed by atoms with Crippen molar-refractivity contribution < 1.29 is 20.1 Å². The highest BCUT2D eigenvalue weighted by Gasteiger charge is 2.23. The van der Waals surface area contributed by atoms with Gasteiger partial charge in [0.15, 0.2) is 5.75 Å². The highest BCUT2D eigenvalue weighted by Crippen LogP contribution is 2.47. The van der Waals surface area contributed by atoms with Crippen LogP contribution in [0.5, 0.6) is 28.7 Å². The maximum absolute atomic E-state index is 10.7. The molecule has 0 heterocycles. The van der Waals surface area contributed by atoms with Crippen LogP contribution in [-0.2, 0) is 0 Å². The molecule has 4 aromatic rings. The van der Waals surface area contributed by atoms with E-state index in [2.05, 4.69) is 0 Å². The van der Waals surface area contributed by atoms with Crippen molar-refractivity contribution in [1.29, 1.82) is 0 Å². The molecule has 0 saturated carbocycles. The van der Waals surface area contributed by atoms with Crippen molar-refractivity contribution in [3.05, 3.63) is 94.5 Å². The Kier molecular flexibility index (Phi) is 6.12. The summed E-state index contributed by atoms with van der Waals surface area (Å²) >= 11 is 0. The molecule has 0 saturated heterocycles. The van der Waals surface area contributed by atoms with Crippen molar-refractivity contribution >= 4 is 17.1 Å². The second-order valence-electron chi connectivity index (χ2n) is 8.60. The van der Waals surface area contributed by atoms with Crippen LogP contribution in [-0.4, -0.2) is 15.3 Å². The molecule has 0 atom stereocenters. The van der Waals surface area contributed by atoms with Gasteiger partial charge in [-0.25, -0.2) is 0 Å². The van der Waals surface area contributed by atoms with Crippen LogP contribution in [0.15, 0.2) is 66.7 Å². The van der Waals surface area contributed by atoms with Gasteiger partial charge in [-0.15, -0.1) is 0 Å². The molecule has 0 aliphatic heterocycles. The van der Waals surface area contributed by atoms with Crippen LogP contribution in [0.3, 0.4) is 0 Å². The fourth-order valence-electron chi connectivity index (χ4n) is 4.03.